The SMILES string of the molecule is COCC(COC)n1c(NSC(C)C(OC)c2ncc(Cl)cn2)nnc1C1CCC(C)(C)O1. The van der Waals surface area contributed by atoms with Crippen LogP contribution < -0.4 is 4.72 Å². The van der Waals surface area contributed by atoms with Gasteiger partial charge in [-0.2, -0.15) is 0 Å². The summed E-state index contributed by atoms with van der Waals surface area (Å²) < 4.78 is 28.2. The molecular formula is C21H33ClN6O4S. The minimum absolute atomic E-state index is 0.0465. The van der Waals surface area contributed by atoms with E-state index in [9.17, 15) is 0 Å². The molecule has 0 bridgehead atoms. The first-order chi connectivity index (χ1) is 15.8. The van der Waals surface area contributed by atoms with Gasteiger partial charge in [-0.1, -0.05) is 11.6 Å². The van der Waals surface area contributed by atoms with E-state index in [2.05, 4.69) is 38.7 Å². The lowest BCUT2D eigenvalue weighted by Crippen LogP contribution is -2.25. The Bertz CT molecular complexity index is 878. The second kappa shape index (κ2) is 11.8. The first-order valence-electron chi connectivity index (χ1n) is 10.8. The van der Waals surface area contributed by atoms with Crippen molar-refractivity contribution in [3.63, 3.8) is 0 Å². The number of rotatable bonds is 12. The second-order valence-electron chi connectivity index (χ2n) is 8.56. The standard InChI is InChI=1S/C21H33ClN6O4S/c1-13(17(31-6)18-23-9-14(22)10-24-18)33-27-20-26-25-19(16-7-8-21(2,3)32-16)28(20)15(11-29-4)12-30-5/h9-10,13,15-17H,7-8,11-12H2,1-6H3,(H,26,27). The maximum atomic E-state index is 6.26. The molecule has 1 N–H and O–H groups in total. The van der Waals surface area contributed by atoms with Crippen LogP contribution in [0.3, 0.4) is 0 Å². The zero-order chi connectivity index (χ0) is 24.0. The normalized spacial score (nSPS) is 19.7. The number of aromatic nitrogens is 5. The summed E-state index contributed by atoms with van der Waals surface area (Å²) in [5, 5.41) is 9.36. The Morgan fingerprint density at radius 3 is 2.42 bits per heavy atom. The average Bonchev–Trinajstić information content (AvgIpc) is 3.36. The minimum atomic E-state index is -0.344. The number of nitrogens with one attached hydrogen (secondary N) is 1. The zero-order valence-corrected chi connectivity index (χ0v) is 21.5. The molecule has 2 aromatic heterocycles. The molecule has 1 saturated heterocycles. The van der Waals surface area contributed by atoms with Crippen molar-refractivity contribution >= 4 is 29.5 Å². The number of methoxy groups -OCH3 is 3. The molecule has 0 amide bonds. The first kappa shape index (κ1) is 26.1. The highest BCUT2D eigenvalue weighted by Crippen LogP contribution is 2.40. The van der Waals surface area contributed by atoms with Crippen LogP contribution in [0.1, 0.15) is 63.5 Å². The lowest BCUT2D eigenvalue weighted by molar-refractivity contribution is -0.0234. The van der Waals surface area contributed by atoms with Gasteiger partial charge in [0.1, 0.15) is 12.2 Å². The number of hydrogen-bond acceptors (Lipinski definition) is 10. The molecule has 33 heavy (non-hydrogen) atoms. The van der Waals surface area contributed by atoms with Crippen molar-refractivity contribution in [2.45, 2.75) is 62.7 Å². The minimum Gasteiger partial charge on any atom is -0.382 e. The van der Waals surface area contributed by atoms with E-state index in [-0.39, 0.29) is 29.1 Å². The van der Waals surface area contributed by atoms with Gasteiger partial charge in [0.15, 0.2) is 11.6 Å². The predicted molar refractivity (Wildman–Crippen MR) is 127 cm³/mol. The van der Waals surface area contributed by atoms with E-state index in [0.29, 0.717) is 30.0 Å². The van der Waals surface area contributed by atoms with Gasteiger partial charge in [-0.3, -0.25) is 9.29 Å². The highest BCUT2D eigenvalue weighted by atomic mass is 35.5. The van der Waals surface area contributed by atoms with Crippen LogP contribution in [0.2, 0.25) is 5.02 Å². The fraction of sp³-hybridized carbons (Fsp3) is 0.714. The van der Waals surface area contributed by atoms with Gasteiger partial charge in [0.05, 0.1) is 35.1 Å². The molecule has 2 aromatic rings. The van der Waals surface area contributed by atoms with Gasteiger partial charge < -0.3 is 18.9 Å². The van der Waals surface area contributed by atoms with Gasteiger partial charge in [-0.15, -0.1) is 10.2 Å². The average molecular weight is 501 g/mol. The predicted octanol–water partition coefficient (Wildman–Crippen LogP) is 4.02. The molecule has 1 aliphatic rings. The number of hydrogen-bond donors (Lipinski definition) is 1. The number of nitrogens with zero attached hydrogens (tertiary/aromatic N) is 5. The largest absolute Gasteiger partial charge is 0.382 e. The molecule has 10 nitrogen and oxygen atoms in total. The van der Waals surface area contributed by atoms with Crippen molar-refractivity contribution in [2.24, 2.45) is 0 Å². The van der Waals surface area contributed by atoms with Crippen molar-refractivity contribution in [3.05, 3.63) is 29.1 Å². The second-order valence-corrected chi connectivity index (χ2v) is 10.2. The summed E-state index contributed by atoms with van der Waals surface area (Å²) in [5.41, 5.74) is -0.194. The van der Waals surface area contributed by atoms with Crippen LogP contribution in [-0.2, 0) is 18.9 Å². The maximum absolute atomic E-state index is 6.26. The highest BCUT2D eigenvalue weighted by Gasteiger charge is 2.37. The Morgan fingerprint density at radius 1 is 1.21 bits per heavy atom. The van der Waals surface area contributed by atoms with Crippen molar-refractivity contribution < 1.29 is 18.9 Å². The first-order valence-corrected chi connectivity index (χ1v) is 12.1. The topological polar surface area (TPSA) is 105 Å². The van der Waals surface area contributed by atoms with Crippen LogP contribution in [-0.4, -0.2) is 70.1 Å². The van der Waals surface area contributed by atoms with Crippen LogP contribution in [0.5, 0.6) is 0 Å². The molecule has 3 rings (SSSR count). The summed E-state index contributed by atoms with van der Waals surface area (Å²) in [4.78, 5) is 8.60. The quantitative estimate of drug-likeness (QED) is 0.429. The van der Waals surface area contributed by atoms with E-state index >= 15 is 0 Å². The fourth-order valence-corrected chi connectivity index (χ4v) is 4.77. The van der Waals surface area contributed by atoms with E-state index in [4.69, 9.17) is 30.5 Å². The molecule has 1 aliphatic heterocycles. The molecule has 0 radical (unpaired) electrons. The van der Waals surface area contributed by atoms with Crippen molar-refractivity contribution in [1.82, 2.24) is 24.7 Å². The van der Waals surface area contributed by atoms with Gasteiger partial charge >= 0.3 is 0 Å². The maximum Gasteiger partial charge on any atom is 0.235 e. The molecule has 184 valence electrons. The van der Waals surface area contributed by atoms with Crippen molar-refractivity contribution in [1.29, 1.82) is 0 Å². The Balaban J connectivity index is 1.81. The molecule has 12 heteroatoms. The molecule has 3 atom stereocenters. The third-order valence-corrected chi connectivity index (χ3v) is 6.59. The van der Waals surface area contributed by atoms with E-state index < -0.39 is 0 Å². The smallest absolute Gasteiger partial charge is 0.235 e. The van der Waals surface area contributed by atoms with E-state index in [0.717, 1.165) is 18.7 Å². The molecule has 3 heterocycles. The monoisotopic (exact) mass is 500 g/mol. The summed E-state index contributed by atoms with van der Waals surface area (Å²) in [7, 11) is 4.97. The van der Waals surface area contributed by atoms with E-state index in [1.54, 1.807) is 33.7 Å². The lowest BCUT2D eigenvalue weighted by Gasteiger charge is -2.25. The van der Waals surface area contributed by atoms with Gasteiger partial charge in [-0.05, 0) is 45.6 Å². The molecule has 0 aliphatic carbocycles. The van der Waals surface area contributed by atoms with Crippen molar-refractivity contribution in [2.75, 3.05) is 39.3 Å². The van der Waals surface area contributed by atoms with Crippen LogP contribution >= 0.6 is 23.5 Å². The summed E-state index contributed by atoms with van der Waals surface area (Å²) in [6.45, 7) is 7.11. The molecule has 1 fully saturated rings. The number of ether oxygens (including phenoxy) is 4. The molecular weight excluding hydrogens is 468 g/mol. The third kappa shape index (κ3) is 6.55. The van der Waals surface area contributed by atoms with Crippen LogP contribution in [0.25, 0.3) is 0 Å². The van der Waals surface area contributed by atoms with E-state index in [1.165, 1.54) is 11.9 Å². The van der Waals surface area contributed by atoms with E-state index in [1.807, 2.05) is 11.5 Å². The summed E-state index contributed by atoms with van der Waals surface area (Å²) in [6.07, 6.45) is 4.47. The number of anilines is 1. The summed E-state index contributed by atoms with van der Waals surface area (Å²) in [6, 6.07) is -0.117. The molecule has 0 saturated carbocycles. The van der Waals surface area contributed by atoms with Crippen LogP contribution in [0, 0.1) is 0 Å². The van der Waals surface area contributed by atoms with Crippen LogP contribution in [0.15, 0.2) is 12.4 Å². The number of halogens is 1. The van der Waals surface area contributed by atoms with Crippen molar-refractivity contribution in [3.8, 4) is 0 Å². The Kier molecular flexibility index (Phi) is 9.31. The molecule has 0 spiro atoms. The van der Waals surface area contributed by atoms with Crippen LogP contribution in [0.4, 0.5) is 5.95 Å². The van der Waals surface area contributed by atoms with Gasteiger partial charge in [0, 0.05) is 33.7 Å². The Labute approximate surface area is 204 Å². The van der Waals surface area contributed by atoms with Gasteiger partial charge in [0.2, 0.25) is 5.95 Å². The summed E-state index contributed by atoms with van der Waals surface area (Å²) >= 11 is 7.37. The Hall–Kier alpha value is -1.50. The summed E-state index contributed by atoms with van der Waals surface area (Å²) in [5.74, 6) is 1.92. The molecule has 3 unspecified atom stereocenters. The fourth-order valence-electron chi connectivity index (χ4n) is 3.88. The zero-order valence-electron chi connectivity index (χ0n) is 19.9. The third-order valence-electron chi connectivity index (χ3n) is 5.47. The highest BCUT2D eigenvalue weighted by molar-refractivity contribution is 8.01. The molecule has 0 aromatic carbocycles. The van der Waals surface area contributed by atoms with Gasteiger partial charge in [0.25, 0.3) is 0 Å². The van der Waals surface area contributed by atoms with Gasteiger partial charge in [-0.25, -0.2) is 9.97 Å². The Morgan fingerprint density at radius 2 is 1.88 bits per heavy atom. The lowest BCUT2D eigenvalue weighted by atomic mass is 10.1.